The lowest BCUT2D eigenvalue weighted by Gasteiger charge is -2.23. The number of phenols is 1. The first kappa shape index (κ1) is 22.6. The summed E-state index contributed by atoms with van der Waals surface area (Å²) in [4.78, 5) is 19.3. The zero-order chi connectivity index (χ0) is 23.4. The second-order valence-corrected chi connectivity index (χ2v) is 8.58. The van der Waals surface area contributed by atoms with Crippen molar-refractivity contribution < 1.29 is 9.90 Å². The van der Waals surface area contributed by atoms with Crippen LogP contribution in [0.3, 0.4) is 0 Å². The van der Waals surface area contributed by atoms with Crippen molar-refractivity contribution in [3.05, 3.63) is 101 Å². The summed E-state index contributed by atoms with van der Waals surface area (Å²) in [7, 11) is 3.94. The summed E-state index contributed by atoms with van der Waals surface area (Å²) < 4.78 is 0. The SMILES string of the molecule is CN(C)c1ccc(C(NC(=O)CCc2ccccc2)c2cc(Cl)c3cccnc3c2O)cc1. The van der Waals surface area contributed by atoms with E-state index in [1.54, 1.807) is 18.3 Å². The van der Waals surface area contributed by atoms with Crippen molar-refractivity contribution in [2.75, 3.05) is 19.0 Å². The van der Waals surface area contributed by atoms with Crippen LogP contribution < -0.4 is 10.2 Å². The quantitative estimate of drug-likeness (QED) is 0.383. The van der Waals surface area contributed by atoms with Crippen molar-refractivity contribution in [3.8, 4) is 5.75 Å². The number of hydrogen-bond donors (Lipinski definition) is 2. The summed E-state index contributed by atoms with van der Waals surface area (Å²) in [6.07, 6.45) is 2.57. The van der Waals surface area contributed by atoms with Gasteiger partial charge in [0.05, 0.1) is 11.1 Å². The summed E-state index contributed by atoms with van der Waals surface area (Å²) in [5.74, 6) is -0.0998. The molecule has 0 radical (unpaired) electrons. The van der Waals surface area contributed by atoms with Crippen LogP contribution in [0.1, 0.15) is 29.2 Å². The lowest BCUT2D eigenvalue weighted by molar-refractivity contribution is -0.121. The van der Waals surface area contributed by atoms with Gasteiger partial charge in [0.2, 0.25) is 5.91 Å². The van der Waals surface area contributed by atoms with Crippen molar-refractivity contribution >= 4 is 34.1 Å². The molecule has 168 valence electrons. The molecule has 0 spiro atoms. The second-order valence-electron chi connectivity index (χ2n) is 8.17. The summed E-state index contributed by atoms with van der Waals surface area (Å²) >= 11 is 6.54. The standard InChI is InChI=1S/C27H26ClN3O2/c1-31(2)20-13-11-19(12-14-20)25(30-24(32)15-10-18-7-4-3-5-8-18)22-17-23(28)21-9-6-16-29-26(21)27(22)33/h3-9,11-14,16-17,25,33H,10,15H2,1-2H3,(H,30,32). The first-order chi connectivity index (χ1) is 15.9. The Balaban J connectivity index is 1.69. The molecule has 1 heterocycles. The predicted molar refractivity (Wildman–Crippen MR) is 134 cm³/mol. The smallest absolute Gasteiger partial charge is 0.221 e. The molecule has 1 atom stereocenters. The van der Waals surface area contributed by atoms with E-state index in [1.165, 1.54) is 0 Å². The number of aromatic nitrogens is 1. The van der Waals surface area contributed by atoms with E-state index < -0.39 is 6.04 Å². The van der Waals surface area contributed by atoms with Crippen LogP contribution in [0.25, 0.3) is 10.9 Å². The van der Waals surface area contributed by atoms with Crippen LogP contribution in [-0.2, 0) is 11.2 Å². The maximum absolute atomic E-state index is 13.0. The van der Waals surface area contributed by atoms with Crippen LogP contribution in [0.5, 0.6) is 5.75 Å². The van der Waals surface area contributed by atoms with Gasteiger partial charge in [-0.15, -0.1) is 0 Å². The number of carbonyl (C=O) groups is 1. The number of benzene rings is 3. The highest BCUT2D eigenvalue weighted by Gasteiger charge is 2.23. The van der Waals surface area contributed by atoms with Gasteiger partial charge in [-0.3, -0.25) is 9.78 Å². The van der Waals surface area contributed by atoms with Crippen molar-refractivity contribution in [2.24, 2.45) is 0 Å². The molecular formula is C27H26ClN3O2. The Hall–Kier alpha value is -3.57. The van der Waals surface area contributed by atoms with Crippen molar-refractivity contribution in [1.82, 2.24) is 10.3 Å². The number of anilines is 1. The van der Waals surface area contributed by atoms with Gasteiger partial charge in [-0.1, -0.05) is 54.1 Å². The topological polar surface area (TPSA) is 65.5 Å². The van der Waals surface area contributed by atoms with Crippen molar-refractivity contribution in [1.29, 1.82) is 0 Å². The van der Waals surface area contributed by atoms with Crippen LogP contribution in [0.2, 0.25) is 5.02 Å². The molecule has 33 heavy (non-hydrogen) atoms. The third-order valence-electron chi connectivity index (χ3n) is 5.69. The third kappa shape index (κ3) is 5.10. The number of phenolic OH excluding ortho intramolecular Hbond substituents is 1. The second kappa shape index (κ2) is 9.92. The van der Waals surface area contributed by atoms with Crippen LogP contribution in [-0.4, -0.2) is 30.1 Å². The summed E-state index contributed by atoms with van der Waals surface area (Å²) in [6, 6.07) is 22.5. The predicted octanol–water partition coefficient (Wildman–Crippen LogP) is 5.50. The first-order valence-electron chi connectivity index (χ1n) is 10.8. The van der Waals surface area contributed by atoms with Crippen LogP contribution in [0, 0.1) is 0 Å². The number of amides is 1. The molecule has 1 unspecified atom stereocenters. The Morgan fingerprint density at radius 2 is 1.79 bits per heavy atom. The Morgan fingerprint density at radius 3 is 2.48 bits per heavy atom. The number of fused-ring (bicyclic) bond motifs is 1. The fourth-order valence-electron chi connectivity index (χ4n) is 3.87. The molecule has 6 heteroatoms. The van der Waals surface area contributed by atoms with E-state index in [-0.39, 0.29) is 11.7 Å². The van der Waals surface area contributed by atoms with E-state index in [9.17, 15) is 9.90 Å². The molecule has 0 aliphatic heterocycles. The molecule has 0 saturated heterocycles. The number of pyridine rings is 1. The highest BCUT2D eigenvalue weighted by atomic mass is 35.5. The largest absolute Gasteiger partial charge is 0.505 e. The number of halogens is 1. The van der Waals surface area contributed by atoms with Gasteiger partial charge < -0.3 is 15.3 Å². The van der Waals surface area contributed by atoms with Gasteiger partial charge in [0.1, 0.15) is 11.3 Å². The normalized spacial score (nSPS) is 11.8. The zero-order valence-corrected chi connectivity index (χ0v) is 19.4. The molecule has 1 amide bonds. The van der Waals surface area contributed by atoms with Crippen molar-refractivity contribution in [2.45, 2.75) is 18.9 Å². The van der Waals surface area contributed by atoms with Gasteiger partial charge in [0.25, 0.3) is 0 Å². The molecule has 0 aliphatic carbocycles. The Kier molecular flexibility index (Phi) is 6.80. The summed E-state index contributed by atoms with van der Waals surface area (Å²) in [5.41, 5.74) is 3.90. The van der Waals surface area contributed by atoms with E-state index >= 15 is 0 Å². The Bertz CT molecular complexity index is 1260. The third-order valence-corrected chi connectivity index (χ3v) is 6.00. The highest BCUT2D eigenvalue weighted by Crippen LogP contribution is 2.38. The number of nitrogens with one attached hydrogen (secondary N) is 1. The van der Waals surface area contributed by atoms with E-state index in [4.69, 9.17) is 11.6 Å². The fourth-order valence-corrected chi connectivity index (χ4v) is 4.14. The van der Waals surface area contributed by atoms with E-state index in [1.807, 2.05) is 79.7 Å². The molecule has 1 aromatic heterocycles. The number of aryl methyl sites for hydroxylation is 1. The van der Waals surface area contributed by atoms with Crippen LogP contribution in [0.15, 0.2) is 79.0 Å². The van der Waals surface area contributed by atoms with E-state index in [0.717, 1.165) is 16.8 Å². The van der Waals surface area contributed by atoms with Gasteiger partial charge in [0.15, 0.2) is 0 Å². The average Bonchev–Trinajstić information content (AvgIpc) is 2.84. The van der Waals surface area contributed by atoms with Gasteiger partial charge in [-0.2, -0.15) is 0 Å². The first-order valence-corrected chi connectivity index (χ1v) is 11.2. The number of rotatable bonds is 7. The molecular weight excluding hydrogens is 434 g/mol. The maximum Gasteiger partial charge on any atom is 0.221 e. The maximum atomic E-state index is 13.0. The highest BCUT2D eigenvalue weighted by molar-refractivity contribution is 6.35. The number of aromatic hydroxyl groups is 1. The molecule has 3 aromatic carbocycles. The molecule has 5 nitrogen and oxygen atoms in total. The fraction of sp³-hybridized carbons (Fsp3) is 0.185. The minimum atomic E-state index is -0.576. The van der Waals surface area contributed by atoms with Crippen LogP contribution in [0.4, 0.5) is 5.69 Å². The van der Waals surface area contributed by atoms with Gasteiger partial charge >= 0.3 is 0 Å². The molecule has 2 N–H and O–H groups in total. The van der Waals surface area contributed by atoms with E-state index in [0.29, 0.717) is 34.3 Å². The molecule has 0 bridgehead atoms. The lowest BCUT2D eigenvalue weighted by atomic mass is 9.95. The molecule has 0 fully saturated rings. The molecule has 0 saturated carbocycles. The Morgan fingerprint density at radius 1 is 1.06 bits per heavy atom. The molecule has 0 aliphatic rings. The monoisotopic (exact) mass is 459 g/mol. The summed E-state index contributed by atoms with van der Waals surface area (Å²) in [5, 5.41) is 15.3. The van der Waals surface area contributed by atoms with Gasteiger partial charge in [-0.25, -0.2) is 0 Å². The van der Waals surface area contributed by atoms with E-state index in [2.05, 4.69) is 10.3 Å². The zero-order valence-electron chi connectivity index (χ0n) is 18.6. The minimum absolute atomic E-state index is 0.0139. The molecule has 4 aromatic rings. The minimum Gasteiger partial charge on any atom is -0.505 e. The van der Waals surface area contributed by atoms with Crippen molar-refractivity contribution in [3.63, 3.8) is 0 Å². The van der Waals surface area contributed by atoms with Gasteiger partial charge in [0, 0.05) is 43.4 Å². The average molecular weight is 460 g/mol. The lowest BCUT2D eigenvalue weighted by Crippen LogP contribution is -2.29. The molecule has 4 rings (SSSR count). The van der Waals surface area contributed by atoms with Gasteiger partial charge in [-0.05, 0) is 47.9 Å². The number of carbonyl (C=O) groups excluding carboxylic acids is 1. The number of nitrogens with zero attached hydrogens (tertiary/aromatic N) is 2. The number of hydrogen-bond acceptors (Lipinski definition) is 4. The summed E-state index contributed by atoms with van der Waals surface area (Å²) in [6.45, 7) is 0. The van der Waals surface area contributed by atoms with Crippen LogP contribution >= 0.6 is 11.6 Å². The Labute approximate surface area is 198 Å².